The van der Waals surface area contributed by atoms with Crippen LogP contribution in [0, 0.1) is 0 Å². The van der Waals surface area contributed by atoms with Gasteiger partial charge in [-0.15, -0.1) is 0 Å². The first-order chi connectivity index (χ1) is 7.89. The summed E-state index contributed by atoms with van der Waals surface area (Å²) >= 11 is 0. The normalized spacial score (nSPS) is 25.4. The van der Waals surface area contributed by atoms with Gasteiger partial charge in [-0.1, -0.05) is 39.0 Å². The number of hydrogen-bond acceptors (Lipinski definition) is 3. The second-order valence-corrected chi connectivity index (χ2v) is 5.81. The summed E-state index contributed by atoms with van der Waals surface area (Å²) in [5, 5.41) is 19.3. The summed E-state index contributed by atoms with van der Waals surface area (Å²) in [6, 6.07) is 8.21. The molecule has 1 aliphatic rings. The van der Waals surface area contributed by atoms with Crippen LogP contribution in [0.4, 0.5) is 5.69 Å². The van der Waals surface area contributed by atoms with E-state index < -0.39 is 12.2 Å². The second kappa shape index (κ2) is 4.31. The van der Waals surface area contributed by atoms with Crippen LogP contribution < -0.4 is 4.90 Å². The molecule has 2 rings (SSSR count). The van der Waals surface area contributed by atoms with E-state index in [0.717, 1.165) is 5.69 Å². The molecule has 0 aliphatic carbocycles. The van der Waals surface area contributed by atoms with E-state index >= 15 is 0 Å². The molecule has 0 bridgehead atoms. The lowest BCUT2D eigenvalue weighted by molar-refractivity contribution is 0.0572. The molecule has 17 heavy (non-hydrogen) atoms. The van der Waals surface area contributed by atoms with Crippen molar-refractivity contribution in [2.45, 2.75) is 38.4 Å². The van der Waals surface area contributed by atoms with Gasteiger partial charge in [-0.25, -0.2) is 0 Å². The van der Waals surface area contributed by atoms with Crippen molar-refractivity contribution in [3.63, 3.8) is 0 Å². The fourth-order valence-corrected chi connectivity index (χ4v) is 2.35. The van der Waals surface area contributed by atoms with Crippen LogP contribution in [0.25, 0.3) is 0 Å². The molecule has 0 radical (unpaired) electrons. The van der Waals surface area contributed by atoms with Gasteiger partial charge in [0.2, 0.25) is 0 Å². The van der Waals surface area contributed by atoms with Crippen LogP contribution in [-0.2, 0) is 5.41 Å². The molecular weight excluding hydrogens is 214 g/mol. The molecule has 0 amide bonds. The van der Waals surface area contributed by atoms with Crippen molar-refractivity contribution in [1.82, 2.24) is 0 Å². The Morgan fingerprint density at radius 3 is 2.12 bits per heavy atom. The summed E-state index contributed by atoms with van der Waals surface area (Å²) in [6.07, 6.45) is -1.27. The zero-order valence-electron chi connectivity index (χ0n) is 10.7. The molecule has 1 aromatic rings. The molecule has 1 fully saturated rings. The number of benzene rings is 1. The van der Waals surface area contributed by atoms with E-state index in [0.29, 0.717) is 13.1 Å². The maximum absolute atomic E-state index is 9.63. The van der Waals surface area contributed by atoms with E-state index in [1.807, 2.05) is 12.1 Å². The van der Waals surface area contributed by atoms with Gasteiger partial charge in [0.1, 0.15) is 0 Å². The molecule has 1 saturated heterocycles. The van der Waals surface area contributed by atoms with Crippen molar-refractivity contribution in [1.29, 1.82) is 0 Å². The SMILES string of the molecule is CC(C)(C)c1ccccc1N1C[C@H](O)[C@@H](O)C1. The van der Waals surface area contributed by atoms with Crippen LogP contribution in [-0.4, -0.2) is 35.5 Å². The Balaban J connectivity index is 2.33. The van der Waals surface area contributed by atoms with Crippen LogP contribution in [0.5, 0.6) is 0 Å². The molecule has 1 aliphatic heterocycles. The smallest absolute Gasteiger partial charge is 0.0990 e. The monoisotopic (exact) mass is 235 g/mol. The molecule has 0 unspecified atom stereocenters. The minimum atomic E-state index is -0.636. The van der Waals surface area contributed by atoms with Gasteiger partial charge in [-0.05, 0) is 17.0 Å². The van der Waals surface area contributed by atoms with Gasteiger partial charge in [-0.3, -0.25) is 0 Å². The maximum Gasteiger partial charge on any atom is 0.0990 e. The number of nitrogens with zero attached hydrogens (tertiary/aromatic N) is 1. The number of rotatable bonds is 1. The van der Waals surface area contributed by atoms with Gasteiger partial charge in [0.05, 0.1) is 12.2 Å². The fourth-order valence-electron chi connectivity index (χ4n) is 2.35. The van der Waals surface area contributed by atoms with Gasteiger partial charge in [-0.2, -0.15) is 0 Å². The van der Waals surface area contributed by atoms with Crippen molar-refractivity contribution in [2.24, 2.45) is 0 Å². The topological polar surface area (TPSA) is 43.7 Å². The number of aliphatic hydroxyl groups excluding tert-OH is 2. The van der Waals surface area contributed by atoms with Gasteiger partial charge in [0, 0.05) is 18.8 Å². The van der Waals surface area contributed by atoms with E-state index in [-0.39, 0.29) is 5.41 Å². The van der Waals surface area contributed by atoms with E-state index in [2.05, 4.69) is 37.8 Å². The Morgan fingerprint density at radius 1 is 1.06 bits per heavy atom. The van der Waals surface area contributed by atoms with Crippen LogP contribution in [0.3, 0.4) is 0 Å². The number of hydrogen-bond donors (Lipinski definition) is 2. The summed E-state index contributed by atoms with van der Waals surface area (Å²) in [7, 11) is 0. The predicted octanol–water partition coefficient (Wildman–Crippen LogP) is 1.53. The molecule has 3 nitrogen and oxygen atoms in total. The van der Waals surface area contributed by atoms with Gasteiger partial charge in [0.15, 0.2) is 0 Å². The van der Waals surface area contributed by atoms with Crippen LogP contribution in [0.15, 0.2) is 24.3 Å². The molecule has 0 aromatic heterocycles. The zero-order valence-corrected chi connectivity index (χ0v) is 10.7. The third-order valence-corrected chi connectivity index (χ3v) is 3.31. The Bertz CT molecular complexity index is 387. The van der Waals surface area contributed by atoms with E-state index in [1.54, 1.807) is 0 Å². The second-order valence-electron chi connectivity index (χ2n) is 5.81. The molecule has 2 N–H and O–H groups in total. The summed E-state index contributed by atoms with van der Waals surface area (Å²) in [5.41, 5.74) is 2.44. The molecule has 2 atom stereocenters. The fraction of sp³-hybridized carbons (Fsp3) is 0.571. The number of para-hydroxylation sites is 1. The largest absolute Gasteiger partial charge is 0.389 e. The number of aliphatic hydroxyl groups is 2. The quantitative estimate of drug-likeness (QED) is 0.776. The summed E-state index contributed by atoms with van der Waals surface area (Å²) in [6.45, 7) is 7.54. The lowest BCUT2D eigenvalue weighted by Gasteiger charge is -2.28. The van der Waals surface area contributed by atoms with Crippen LogP contribution in [0.2, 0.25) is 0 Å². The van der Waals surface area contributed by atoms with Gasteiger partial charge in [0.25, 0.3) is 0 Å². The minimum Gasteiger partial charge on any atom is -0.389 e. The van der Waals surface area contributed by atoms with Crippen molar-refractivity contribution >= 4 is 5.69 Å². The molecule has 94 valence electrons. The van der Waals surface area contributed by atoms with Crippen LogP contribution in [0.1, 0.15) is 26.3 Å². The Labute approximate surface area is 103 Å². The molecule has 0 spiro atoms. The predicted molar refractivity (Wildman–Crippen MR) is 69.4 cm³/mol. The highest BCUT2D eigenvalue weighted by Crippen LogP contribution is 2.33. The van der Waals surface area contributed by atoms with E-state index in [1.165, 1.54) is 5.56 Å². The van der Waals surface area contributed by atoms with Gasteiger partial charge < -0.3 is 15.1 Å². The first kappa shape index (κ1) is 12.4. The highest BCUT2D eigenvalue weighted by molar-refractivity contribution is 5.57. The lowest BCUT2D eigenvalue weighted by Crippen LogP contribution is -2.25. The zero-order chi connectivity index (χ0) is 12.6. The standard InChI is InChI=1S/C14H21NO2/c1-14(2,3)10-6-4-5-7-11(10)15-8-12(16)13(17)9-15/h4-7,12-13,16-17H,8-9H2,1-3H3/t12-,13-/m0/s1. The Hall–Kier alpha value is -1.06. The van der Waals surface area contributed by atoms with Crippen molar-refractivity contribution < 1.29 is 10.2 Å². The highest BCUT2D eigenvalue weighted by Gasteiger charge is 2.32. The Morgan fingerprint density at radius 2 is 1.59 bits per heavy atom. The number of anilines is 1. The van der Waals surface area contributed by atoms with Crippen molar-refractivity contribution in [3.8, 4) is 0 Å². The number of β-amino-alcohol motifs (C(OH)–C–C–N with tert-alkyl or cyclic N) is 2. The molecule has 1 heterocycles. The molecule has 0 saturated carbocycles. The first-order valence-corrected chi connectivity index (χ1v) is 6.10. The summed E-state index contributed by atoms with van der Waals surface area (Å²) in [4.78, 5) is 2.07. The van der Waals surface area contributed by atoms with Crippen molar-refractivity contribution in [2.75, 3.05) is 18.0 Å². The average Bonchev–Trinajstić information content (AvgIpc) is 2.58. The molecular formula is C14H21NO2. The Kier molecular flexibility index (Phi) is 3.15. The third kappa shape index (κ3) is 2.45. The third-order valence-electron chi connectivity index (χ3n) is 3.31. The molecule has 3 heteroatoms. The minimum absolute atomic E-state index is 0.0646. The van der Waals surface area contributed by atoms with Crippen molar-refractivity contribution in [3.05, 3.63) is 29.8 Å². The van der Waals surface area contributed by atoms with Gasteiger partial charge >= 0.3 is 0 Å². The summed E-state index contributed by atoms with van der Waals surface area (Å²) in [5.74, 6) is 0. The average molecular weight is 235 g/mol. The highest BCUT2D eigenvalue weighted by atomic mass is 16.3. The van der Waals surface area contributed by atoms with E-state index in [9.17, 15) is 10.2 Å². The summed E-state index contributed by atoms with van der Waals surface area (Å²) < 4.78 is 0. The van der Waals surface area contributed by atoms with Crippen LogP contribution >= 0.6 is 0 Å². The lowest BCUT2D eigenvalue weighted by atomic mass is 9.85. The maximum atomic E-state index is 9.63. The van der Waals surface area contributed by atoms with E-state index in [4.69, 9.17) is 0 Å². The first-order valence-electron chi connectivity index (χ1n) is 6.10. The molecule has 1 aromatic carbocycles.